The van der Waals surface area contributed by atoms with E-state index in [9.17, 15) is 0 Å². The van der Waals surface area contributed by atoms with E-state index in [0.717, 1.165) is 5.69 Å². The Morgan fingerprint density at radius 1 is 1.10 bits per heavy atom. The van der Waals surface area contributed by atoms with E-state index in [4.69, 9.17) is 5.11 Å². The van der Waals surface area contributed by atoms with Crippen LogP contribution < -0.4 is 4.90 Å². The van der Waals surface area contributed by atoms with Crippen molar-refractivity contribution in [2.24, 2.45) is 0 Å². The fourth-order valence-electron chi connectivity index (χ4n) is 0.751. The fraction of sp³-hybridized carbons (Fsp3) is 0.250. The number of nitrogens with zero attached hydrogens (tertiary/aromatic N) is 1. The molecule has 2 nitrogen and oxygen atoms in total. The summed E-state index contributed by atoms with van der Waals surface area (Å²) in [4.78, 5) is 1.99. The van der Waals surface area contributed by atoms with E-state index < -0.39 is 0 Å². The van der Waals surface area contributed by atoms with Gasteiger partial charge in [-0.15, -0.1) is 0 Å². The Morgan fingerprint density at radius 2 is 1.60 bits per heavy atom. The highest BCUT2D eigenvalue weighted by atomic mass is 16.3. The van der Waals surface area contributed by atoms with Crippen LogP contribution in [0.5, 0.6) is 5.75 Å². The van der Waals surface area contributed by atoms with Crippen molar-refractivity contribution < 1.29 is 5.11 Å². The maximum atomic E-state index is 8.92. The van der Waals surface area contributed by atoms with Crippen LogP contribution in [0.15, 0.2) is 24.3 Å². The zero-order chi connectivity index (χ0) is 7.56. The number of anilines is 1. The van der Waals surface area contributed by atoms with E-state index in [1.807, 2.05) is 31.1 Å². The van der Waals surface area contributed by atoms with Crippen molar-refractivity contribution in [2.45, 2.75) is 0 Å². The minimum Gasteiger partial charge on any atom is -0.508 e. The van der Waals surface area contributed by atoms with E-state index in [1.54, 1.807) is 12.1 Å². The van der Waals surface area contributed by atoms with Crippen molar-refractivity contribution >= 4 is 5.69 Å². The quantitative estimate of drug-likeness (QED) is 0.633. The van der Waals surface area contributed by atoms with Crippen molar-refractivity contribution in [1.29, 1.82) is 0 Å². The Kier molecular flexibility index (Phi) is 1.81. The first-order valence-electron chi connectivity index (χ1n) is 3.16. The molecule has 0 atom stereocenters. The van der Waals surface area contributed by atoms with Crippen LogP contribution >= 0.6 is 0 Å². The lowest BCUT2D eigenvalue weighted by Crippen LogP contribution is -2.07. The predicted octanol–water partition coefficient (Wildman–Crippen LogP) is 1.46. The molecule has 0 amide bonds. The van der Waals surface area contributed by atoms with Gasteiger partial charge in [0.1, 0.15) is 5.75 Å². The van der Waals surface area contributed by atoms with Crippen molar-refractivity contribution in [3.63, 3.8) is 0 Å². The predicted molar refractivity (Wildman–Crippen MR) is 42.4 cm³/mol. The summed E-state index contributed by atoms with van der Waals surface area (Å²) in [5, 5.41) is 8.92. The number of benzene rings is 1. The van der Waals surface area contributed by atoms with Gasteiger partial charge in [-0.05, 0) is 24.3 Å². The summed E-state index contributed by atoms with van der Waals surface area (Å²) in [5.74, 6) is 0.311. The van der Waals surface area contributed by atoms with Crippen LogP contribution in [0.3, 0.4) is 0 Å². The van der Waals surface area contributed by atoms with E-state index in [2.05, 4.69) is 0 Å². The lowest BCUT2D eigenvalue weighted by Gasteiger charge is -2.11. The lowest BCUT2D eigenvalue weighted by molar-refractivity contribution is 0.475. The standard InChI is InChI=1S/C8H11NO/c1-9(2)7-3-5-8(10)6-4-7/h3-6,10H,1-2H3. The summed E-state index contributed by atoms with van der Waals surface area (Å²) < 4.78 is 0. The number of hydrogen-bond acceptors (Lipinski definition) is 2. The maximum Gasteiger partial charge on any atom is 0.115 e. The van der Waals surface area contributed by atoms with Gasteiger partial charge < -0.3 is 10.0 Å². The molecule has 0 radical (unpaired) electrons. The molecule has 1 aromatic rings. The maximum absolute atomic E-state index is 8.92. The Morgan fingerprint density at radius 3 is 2.00 bits per heavy atom. The molecule has 0 saturated carbocycles. The molecular formula is C8H11NO. The first kappa shape index (κ1) is 6.93. The van der Waals surface area contributed by atoms with Crippen LogP contribution in [-0.2, 0) is 0 Å². The molecule has 0 fully saturated rings. The normalized spacial score (nSPS) is 9.40. The van der Waals surface area contributed by atoms with Crippen molar-refractivity contribution in [3.8, 4) is 5.75 Å². The highest BCUT2D eigenvalue weighted by Crippen LogP contribution is 2.15. The van der Waals surface area contributed by atoms with Gasteiger partial charge in [0.25, 0.3) is 0 Å². The summed E-state index contributed by atoms with van der Waals surface area (Å²) in [6, 6.07) is 7.09. The molecule has 0 aliphatic rings. The van der Waals surface area contributed by atoms with E-state index >= 15 is 0 Å². The molecule has 0 bridgehead atoms. The topological polar surface area (TPSA) is 23.5 Å². The smallest absolute Gasteiger partial charge is 0.115 e. The highest BCUT2D eigenvalue weighted by molar-refractivity contribution is 5.47. The van der Waals surface area contributed by atoms with Crippen LogP contribution in [-0.4, -0.2) is 19.2 Å². The van der Waals surface area contributed by atoms with Crippen molar-refractivity contribution in [2.75, 3.05) is 19.0 Å². The molecule has 1 N–H and O–H groups in total. The molecule has 0 aliphatic carbocycles. The summed E-state index contributed by atoms with van der Waals surface area (Å²) >= 11 is 0. The third-order valence-corrected chi connectivity index (χ3v) is 1.37. The monoisotopic (exact) mass is 137 g/mol. The van der Waals surface area contributed by atoms with Gasteiger partial charge in [0.05, 0.1) is 0 Å². The van der Waals surface area contributed by atoms with Gasteiger partial charge in [0.2, 0.25) is 0 Å². The van der Waals surface area contributed by atoms with Crippen LogP contribution in [0.25, 0.3) is 0 Å². The van der Waals surface area contributed by atoms with E-state index in [1.165, 1.54) is 0 Å². The first-order valence-corrected chi connectivity index (χ1v) is 3.16. The number of rotatable bonds is 1. The van der Waals surface area contributed by atoms with Gasteiger partial charge in [-0.2, -0.15) is 0 Å². The fourth-order valence-corrected chi connectivity index (χ4v) is 0.751. The van der Waals surface area contributed by atoms with Gasteiger partial charge in [-0.1, -0.05) is 0 Å². The van der Waals surface area contributed by atoms with Crippen LogP contribution in [0, 0.1) is 0 Å². The SMILES string of the molecule is CN(C)c1ccc(O)cc1. The zero-order valence-corrected chi connectivity index (χ0v) is 6.20. The molecular weight excluding hydrogens is 126 g/mol. The van der Waals surface area contributed by atoms with E-state index in [-0.39, 0.29) is 0 Å². The molecule has 1 rings (SSSR count). The molecule has 0 saturated heterocycles. The summed E-state index contributed by atoms with van der Waals surface area (Å²) in [5.41, 5.74) is 1.10. The third-order valence-electron chi connectivity index (χ3n) is 1.37. The molecule has 0 aliphatic heterocycles. The van der Waals surface area contributed by atoms with Gasteiger partial charge >= 0.3 is 0 Å². The molecule has 10 heavy (non-hydrogen) atoms. The third kappa shape index (κ3) is 1.41. The Labute approximate surface area is 60.7 Å². The van der Waals surface area contributed by atoms with Crippen LogP contribution in [0.2, 0.25) is 0 Å². The first-order chi connectivity index (χ1) is 4.70. The second-order valence-corrected chi connectivity index (χ2v) is 2.41. The number of phenols is 1. The lowest BCUT2D eigenvalue weighted by atomic mass is 10.3. The molecule has 0 heterocycles. The summed E-state index contributed by atoms with van der Waals surface area (Å²) in [6.45, 7) is 0. The molecule has 1 aromatic carbocycles. The largest absolute Gasteiger partial charge is 0.508 e. The van der Waals surface area contributed by atoms with Gasteiger partial charge in [-0.25, -0.2) is 0 Å². The average Bonchev–Trinajstić information content (AvgIpc) is 1.88. The molecule has 2 heteroatoms. The molecule has 54 valence electrons. The summed E-state index contributed by atoms with van der Waals surface area (Å²) in [7, 11) is 3.93. The number of aromatic hydroxyl groups is 1. The second-order valence-electron chi connectivity index (χ2n) is 2.41. The zero-order valence-electron chi connectivity index (χ0n) is 6.20. The number of hydrogen-bond donors (Lipinski definition) is 1. The second kappa shape index (κ2) is 2.60. The van der Waals surface area contributed by atoms with Gasteiger partial charge in [0.15, 0.2) is 0 Å². The van der Waals surface area contributed by atoms with Crippen LogP contribution in [0.1, 0.15) is 0 Å². The average molecular weight is 137 g/mol. The minimum atomic E-state index is 0.311. The Hall–Kier alpha value is -1.18. The Bertz CT molecular complexity index is 203. The molecule has 0 unspecified atom stereocenters. The molecule has 0 spiro atoms. The summed E-state index contributed by atoms with van der Waals surface area (Å²) in [6.07, 6.45) is 0. The van der Waals surface area contributed by atoms with Crippen molar-refractivity contribution in [3.05, 3.63) is 24.3 Å². The minimum absolute atomic E-state index is 0.311. The van der Waals surface area contributed by atoms with Gasteiger partial charge in [0, 0.05) is 19.8 Å². The van der Waals surface area contributed by atoms with Crippen LogP contribution in [0.4, 0.5) is 5.69 Å². The van der Waals surface area contributed by atoms with Gasteiger partial charge in [-0.3, -0.25) is 0 Å². The van der Waals surface area contributed by atoms with E-state index in [0.29, 0.717) is 5.75 Å². The highest BCUT2D eigenvalue weighted by Gasteiger charge is 1.92. The van der Waals surface area contributed by atoms with Crippen molar-refractivity contribution in [1.82, 2.24) is 0 Å². The Balaban J connectivity index is 2.89. The molecule has 0 aromatic heterocycles. The number of phenolic OH excluding ortho intramolecular Hbond substituents is 1.